The molecule has 0 unspecified atom stereocenters. The summed E-state index contributed by atoms with van der Waals surface area (Å²) in [5.74, 6) is 0.172. The second-order valence-electron chi connectivity index (χ2n) is 6.68. The van der Waals surface area contributed by atoms with Crippen molar-refractivity contribution >= 4 is 27.1 Å². The lowest BCUT2D eigenvalue weighted by Gasteiger charge is -2.28. The molecule has 1 aliphatic heterocycles. The minimum absolute atomic E-state index is 0.147. The van der Waals surface area contributed by atoms with Gasteiger partial charge in [-0.25, -0.2) is 8.42 Å². The van der Waals surface area contributed by atoms with Crippen LogP contribution in [0.2, 0.25) is 0 Å². The lowest BCUT2D eigenvalue weighted by molar-refractivity contribution is -0.118. The third-order valence-electron chi connectivity index (χ3n) is 4.49. The van der Waals surface area contributed by atoms with E-state index in [9.17, 15) is 13.2 Å². The maximum absolute atomic E-state index is 12.1. The molecule has 3 rings (SSSR count). The van der Waals surface area contributed by atoms with Crippen molar-refractivity contribution in [2.75, 3.05) is 36.2 Å². The molecule has 1 heterocycles. The summed E-state index contributed by atoms with van der Waals surface area (Å²) in [4.78, 5) is 14.6. The molecule has 0 aromatic heterocycles. The summed E-state index contributed by atoms with van der Waals surface area (Å²) in [5, 5.41) is 2.80. The quantitative estimate of drug-likeness (QED) is 0.823. The van der Waals surface area contributed by atoms with Gasteiger partial charge in [-0.15, -0.1) is 0 Å². The summed E-state index contributed by atoms with van der Waals surface area (Å²) < 4.78 is 28.3. The van der Waals surface area contributed by atoms with E-state index in [4.69, 9.17) is 4.74 Å². The largest absolute Gasteiger partial charge is 0.484 e. The first-order valence-electron chi connectivity index (χ1n) is 8.99. The molecule has 2 aromatic carbocycles. The number of nitrogens with one attached hydrogen (secondary N) is 1. The molecular weight excluding hydrogens is 364 g/mol. The van der Waals surface area contributed by atoms with Crippen LogP contribution in [0.25, 0.3) is 0 Å². The number of hydrogen-bond acceptors (Lipinski definition) is 5. The zero-order valence-electron chi connectivity index (χ0n) is 15.3. The fraction of sp³-hybridized carbons (Fsp3) is 0.350. The first kappa shape index (κ1) is 19.2. The van der Waals surface area contributed by atoms with Gasteiger partial charge in [0.1, 0.15) is 5.75 Å². The third-order valence-corrected chi connectivity index (χ3v) is 5.62. The van der Waals surface area contributed by atoms with Crippen LogP contribution in [-0.4, -0.2) is 40.3 Å². The van der Waals surface area contributed by atoms with E-state index >= 15 is 0 Å². The number of ether oxygens (including phenoxy) is 1. The third kappa shape index (κ3) is 5.47. The Kier molecular flexibility index (Phi) is 6.01. The molecule has 0 bridgehead atoms. The number of carbonyl (C=O) groups excluding carboxylic acids is 1. The van der Waals surface area contributed by atoms with Gasteiger partial charge >= 0.3 is 0 Å². The highest BCUT2D eigenvalue weighted by Gasteiger charge is 2.11. The minimum atomic E-state index is -3.24. The molecule has 2 aromatic rings. The van der Waals surface area contributed by atoms with Crippen LogP contribution in [0.3, 0.4) is 0 Å². The van der Waals surface area contributed by atoms with Crippen molar-refractivity contribution in [2.45, 2.75) is 24.2 Å². The normalized spacial score (nSPS) is 14.6. The van der Waals surface area contributed by atoms with E-state index in [-0.39, 0.29) is 17.4 Å². The van der Waals surface area contributed by atoms with Gasteiger partial charge in [0, 0.05) is 30.7 Å². The van der Waals surface area contributed by atoms with E-state index < -0.39 is 9.84 Å². The summed E-state index contributed by atoms with van der Waals surface area (Å²) in [6.07, 6.45) is 4.89. The van der Waals surface area contributed by atoms with E-state index in [1.54, 1.807) is 0 Å². The van der Waals surface area contributed by atoms with E-state index in [0.29, 0.717) is 5.75 Å². The first-order chi connectivity index (χ1) is 12.9. The Labute approximate surface area is 160 Å². The molecule has 0 atom stereocenters. The average molecular weight is 388 g/mol. The van der Waals surface area contributed by atoms with Gasteiger partial charge in [-0.05, 0) is 67.8 Å². The van der Waals surface area contributed by atoms with Crippen molar-refractivity contribution in [2.24, 2.45) is 0 Å². The second-order valence-corrected chi connectivity index (χ2v) is 8.69. The number of anilines is 2. The topological polar surface area (TPSA) is 75.7 Å². The monoisotopic (exact) mass is 388 g/mol. The molecule has 144 valence electrons. The van der Waals surface area contributed by atoms with Crippen molar-refractivity contribution in [3.05, 3.63) is 48.5 Å². The van der Waals surface area contributed by atoms with Crippen LogP contribution >= 0.6 is 0 Å². The van der Waals surface area contributed by atoms with Gasteiger partial charge in [-0.1, -0.05) is 0 Å². The molecule has 0 aliphatic carbocycles. The van der Waals surface area contributed by atoms with Crippen LogP contribution < -0.4 is 15.0 Å². The fourth-order valence-electron chi connectivity index (χ4n) is 3.04. The molecule has 1 aliphatic rings. The van der Waals surface area contributed by atoms with Crippen molar-refractivity contribution in [3.8, 4) is 5.75 Å². The Bertz CT molecular complexity index is 871. The van der Waals surface area contributed by atoms with Crippen LogP contribution in [0.15, 0.2) is 53.4 Å². The van der Waals surface area contributed by atoms with Crippen molar-refractivity contribution in [1.82, 2.24) is 0 Å². The Morgan fingerprint density at radius 2 is 1.63 bits per heavy atom. The first-order valence-corrected chi connectivity index (χ1v) is 10.9. The van der Waals surface area contributed by atoms with Gasteiger partial charge in [0.25, 0.3) is 5.91 Å². The SMILES string of the molecule is CS(=O)(=O)c1ccc(OCC(=O)Nc2ccc(N3CCCCC3)cc2)cc1. The van der Waals surface area contributed by atoms with Crippen molar-refractivity contribution in [3.63, 3.8) is 0 Å². The highest BCUT2D eigenvalue weighted by Crippen LogP contribution is 2.22. The standard InChI is InChI=1S/C20H24N2O4S/c1-27(24,25)19-11-9-18(10-12-19)26-15-20(23)21-16-5-7-17(8-6-16)22-13-3-2-4-14-22/h5-12H,2-4,13-15H2,1H3,(H,21,23). The molecule has 0 radical (unpaired) electrons. The number of piperidine rings is 1. The Hall–Kier alpha value is -2.54. The highest BCUT2D eigenvalue weighted by atomic mass is 32.2. The van der Waals surface area contributed by atoms with E-state index in [1.165, 1.54) is 49.2 Å². The van der Waals surface area contributed by atoms with E-state index in [1.807, 2.05) is 24.3 Å². The maximum Gasteiger partial charge on any atom is 0.262 e. The lowest BCUT2D eigenvalue weighted by atomic mass is 10.1. The summed E-state index contributed by atoms with van der Waals surface area (Å²) >= 11 is 0. The zero-order valence-corrected chi connectivity index (χ0v) is 16.2. The number of benzene rings is 2. The molecule has 27 heavy (non-hydrogen) atoms. The predicted octanol–water partition coefficient (Wildman–Crippen LogP) is 3.10. The molecule has 1 saturated heterocycles. The second kappa shape index (κ2) is 8.43. The van der Waals surface area contributed by atoms with Crippen molar-refractivity contribution < 1.29 is 17.9 Å². The molecular formula is C20H24N2O4S. The smallest absolute Gasteiger partial charge is 0.262 e. The molecule has 1 fully saturated rings. The number of amides is 1. The number of carbonyl (C=O) groups is 1. The van der Waals surface area contributed by atoms with Gasteiger partial charge in [-0.2, -0.15) is 0 Å². The van der Waals surface area contributed by atoms with Gasteiger partial charge in [0.05, 0.1) is 4.90 Å². The average Bonchev–Trinajstić information content (AvgIpc) is 2.67. The minimum Gasteiger partial charge on any atom is -0.484 e. The fourth-order valence-corrected chi connectivity index (χ4v) is 3.67. The molecule has 1 amide bonds. The highest BCUT2D eigenvalue weighted by molar-refractivity contribution is 7.90. The van der Waals surface area contributed by atoms with Gasteiger partial charge in [0.15, 0.2) is 16.4 Å². The number of hydrogen-bond donors (Lipinski definition) is 1. The van der Waals surface area contributed by atoms with Crippen LogP contribution in [0, 0.1) is 0 Å². The number of nitrogens with zero attached hydrogens (tertiary/aromatic N) is 1. The van der Waals surface area contributed by atoms with Crippen LogP contribution in [0.5, 0.6) is 5.75 Å². The molecule has 0 saturated carbocycles. The number of sulfone groups is 1. The predicted molar refractivity (Wildman–Crippen MR) is 106 cm³/mol. The van der Waals surface area contributed by atoms with Crippen LogP contribution in [0.1, 0.15) is 19.3 Å². The molecule has 6 nitrogen and oxygen atoms in total. The molecule has 0 spiro atoms. The van der Waals surface area contributed by atoms with E-state index in [2.05, 4.69) is 10.2 Å². The lowest BCUT2D eigenvalue weighted by Crippen LogP contribution is -2.29. The van der Waals surface area contributed by atoms with Gasteiger partial charge in [0.2, 0.25) is 0 Å². The molecule has 7 heteroatoms. The Morgan fingerprint density at radius 1 is 1.00 bits per heavy atom. The zero-order chi connectivity index (χ0) is 19.3. The van der Waals surface area contributed by atoms with Crippen LogP contribution in [0.4, 0.5) is 11.4 Å². The number of rotatable bonds is 6. The summed E-state index contributed by atoms with van der Waals surface area (Å²) in [6.45, 7) is 2.02. The van der Waals surface area contributed by atoms with Gasteiger partial charge < -0.3 is 15.0 Å². The Morgan fingerprint density at radius 3 is 2.22 bits per heavy atom. The Balaban J connectivity index is 1.50. The van der Waals surface area contributed by atoms with E-state index in [0.717, 1.165) is 25.0 Å². The summed E-state index contributed by atoms with van der Waals surface area (Å²) in [6, 6.07) is 13.8. The maximum atomic E-state index is 12.1. The summed E-state index contributed by atoms with van der Waals surface area (Å²) in [7, 11) is -3.24. The van der Waals surface area contributed by atoms with Gasteiger partial charge in [-0.3, -0.25) is 4.79 Å². The molecule has 1 N–H and O–H groups in total. The van der Waals surface area contributed by atoms with Crippen LogP contribution in [-0.2, 0) is 14.6 Å². The summed E-state index contributed by atoms with van der Waals surface area (Å²) in [5.41, 5.74) is 1.90. The van der Waals surface area contributed by atoms with Crippen molar-refractivity contribution in [1.29, 1.82) is 0 Å².